The summed E-state index contributed by atoms with van der Waals surface area (Å²) in [6.45, 7) is 2.91. The van der Waals surface area contributed by atoms with Crippen LogP contribution < -0.4 is 0 Å². The third-order valence-electron chi connectivity index (χ3n) is 7.44. The molecule has 0 amide bonds. The Labute approximate surface area is 277 Å². The van der Waals surface area contributed by atoms with E-state index in [0.717, 1.165) is 10.8 Å². The van der Waals surface area contributed by atoms with Gasteiger partial charge < -0.3 is 10.2 Å². The molecule has 0 saturated carbocycles. The quantitative estimate of drug-likeness (QED) is 0.108. The van der Waals surface area contributed by atoms with Gasteiger partial charge >= 0.3 is 0 Å². The van der Waals surface area contributed by atoms with E-state index in [-0.39, 0.29) is 71.4 Å². The highest BCUT2D eigenvalue weighted by Crippen LogP contribution is 2.24. The molecule has 0 atom stereocenters. The lowest BCUT2D eigenvalue weighted by Gasteiger charge is -2.07. The standard InChI is InChI=1S/C22H18O4.C18H16O4/c1-14(23)10-15-6-9-20(24)19(11-15)22(26)13-21(25)18-8-7-16-4-2-3-5-17(16)12-18;1-12(19)9-13-7-8-16(20)15(10-13)18(22)11-17(21)14-5-3-2-4-6-14/h2-9,11-12,24H,10,13H2,1H3;2-8,10,20H,9,11H2,1H3. The largest absolute Gasteiger partial charge is 0.507 e. The van der Waals surface area contributed by atoms with E-state index < -0.39 is 11.6 Å². The van der Waals surface area contributed by atoms with Gasteiger partial charge in [-0.3, -0.25) is 28.8 Å². The number of hydrogen-bond donors (Lipinski definition) is 2. The van der Waals surface area contributed by atoms with E-state index in [4.69, 9.17) is 0 Å². The van der Waals surface area contributed by atoms with Gasteiger partial charge in [0.2, 0.25) is 0 Å². The zero-order chi connectivity index (χ0) is 34.8. The van der Waals surface area contributed by atoms with Crippen LogP contribution in [0.4, 0.5) is 0 Å². The molecule has 0 aromatic heterocycles. The van der Waals surface area contributed by atoms with Gasteiger partial charge in [-0.1, -0.05) is 78.9 Å². The molecule has 0 bridgehead atoms. The zero-order valence-corrected chi connectivity index (χ0v) is 26.6. The first kappa shape index (κ1) is 34.8. The minimum absolute atomic E-state index is 0.0375. The lowest BCUT2D eigenvalue weighted by atomic mass is 9.97. The molecule has 0 radical (unpaired) electrons. The highest BCUT2D eigenvalue weighted by Gasteiger charge is 2.19. The predicted octanol–water partition coefficient (Wildman–Crippen LogP) is 7.11. The number of aromatic hydroxyl groups is 2. The molecule has 8 heteroatoms. The van der Waals surface area contributed by atoms with Crippen molar-refractivity contribution in [3.05, 3.63) is 143 Å². The van der Waals surface area contributed by atoms with Crippen LogP contribution in [0, 0.1) is 0 Å². The summed E-state index contributed by atoms with van der Waals surface area (Å²) >= 11 is 0. The molecule has 242 valence electrons. The summed E-state index contributed by atoms with van der Waals surface area (Å²) in [5.41, 5.74) is 2.32. The second-order valence-electron chi connectivity index (χ2n) is 11.4. The Kier molecular flexibility index (Phi) is 11.6. The molecule has 2 N–H and O–H groups in total. The third-order valence-corrected chi connectivity index (χ3v) is 7.44. The maximum atomic E-state index is 12.5. The molecule has 5 aromatic rings. The van der Waals surface area contributed by atoms with Crippen LogP contribution in [0.3, 0.4) is 0 Å². The highest BCUT2D eigenvalue weighted by molar-refractivity contribution is 6.15. The summed E-state index contributed by atoms with van der Waals surface area (Å²) in [7, 11) is 0. The number of rotatable bonds is 12. The average molecular weight is 643 g/mol. The van der Waals surface area contributed by atoms with Gasteiger partial charge in [0.25, 0.3) is 0 Å². The molecule has 0 saturated heterocycles. The molecular formula is C40H34O8. The van der Waals surface area contributed by atoms with Gasteiger partial charge in [0.05, 0.1) is 24.0 Å². The number of carbonyl (C=O) groups excluding carboxylic acids is 6. The summed E-state index contributed by atoms with van der Waals surface area (Å²) in [5.74, 6) is -1.99. The van der Waals surface area contributed by atoms with Gasteiger partial charge in [-0.2, -0.15) is 0 Å². The van der Waals surface area contributed by atoms with Crippen LogP contribution in [-0.2, 0) is 22.4 Å². The van der Waals surface area contributed by atoms with Crippen molar-refractivity contribution in [3.8, 4) is 11.5 Å². The van der Waals surface area contributed by atoms with Gasteiger partial charge in [0.1, 0.15) is 23.1 Å². The van der Waals surface area contributed by atoms with Crippen molar-refractivity contribution < 1.29 is 39.0 Å². The van der Waals surface area contributed by atoms with Gasteiger partial charge in [-0.15, -0.1) is 0 Å². The van der Waals surface area contributed by atoms with Crippen LogP contribution in [0.5, 0.6) is 11.5 Å². The maximum absolute atomic E-state index is 12.5. The average Bonchev–Trinajstić information content (AvgIpc) is 3.06. The Balaban J connectivity index is 0.000000220. The molecule has 0 spiro atoms. The lowest BCUT2D eigenvalue weighted by Crippen LogP contribution is -2.09. The minimum Gasteiger partial charge on any atom is -0.507 e. The first-order valence-electron chi connectivity index (χ1n) is 15.2. The van der Waals surface area contributed by atoms with Crippen molar-refractivity contribution in [1.82, 2.24) is 0 Å². The van der Waals surface area contributed by atoms with E-state index in [1.165, 1.54) is 38.1 Å². The first-order valence-corrected chi connectivity index (χ1v) is 15.2. The van der Waals surface area contributed by atoms with E-state index in [2.05, 4.69) is 0 Å². The molecule has 5 aromatic carbocycles. The van der Waals surface area contributed by atoms with Gasteiger partial charge in [-0.25, -0.2) is 0 Å². The van der Waals surface area contributed by atoms with Crippen molar-refractivity contribution in [3.63, 3.8) is 0 Å². The molecule has 0 aliphatic carbocycles. The van der Waals surface area contributed by atoms with Crippen LogP contribution >= 0.6 is 0 Å². The Morgan fingerprint density at radius 2 is 0.917 bits per heavy atom. The van der Waals surface area contributed by atoms with Crippen LogP contribution in [0.1, 0.15) is 79.2 Å². The van der Waals surface area contributed by atoms with Crippen molar-refractivity contribution in [2.45, 2.75) is 39.5 Å². The summed E-state index contributed by atoms with van der Waals surface area (Å²) in [4.78, 5) is 71.6. The number of ketones is 6. The molecule has 8 nitrogen and oxygen atoms in total. The fourth-order valence-electron chi connectivity index (χ4n) is 5.08. The number of carbonyl (C=O) groups is 6. The van der Waals surface area contributed by atoms with E-state index in [9.17, 15) is 39.0 Å². The van der Waals surface area contributed by atoms with Gasteiger partial charge in [0, 0.05) is 24.0 Å². The number of phenols is 2. The lowest BCUT2D eigenvalue weighted by molar-refractivity contribution is -0.117. The van der Waals surface area contributed by atoms with Gasteiger partial charge in [0.15, 0.2) is 23.1 Å². The normalized spacial score (nSPS) is 10.5. The number of phenolic OH excluding ortho intramolecular Hbond substituents is 2. The Hall–Kier alpha value is -6.02. The maximum Gasteiger partial charge on any atom is 0.174 e. The number of benzene rings is 5. The van der Waals surface area contributed by atoms with Gasteiger partial charge in [-0.05, 0) is 66.1 Å². The molecule has 48 heavy (non-hydrogen) atoms. The molecule has 0 heterocycles. The number of hydrogen-bond acceptors (Lipinski definition) is 8. The second-order valence-corrected chi connectivity index (χ2v) is 11.4. The van der Waals surface area contributed by atoms with E-state index >= 15 is 0 Å². The van der Waals surface area contributed by atoms with Crippen LogP contribution in [0.25, 0.3) is 10.8 Å². The van der Waals surface area contributed by atoms with Crippen LogP contribution in [-0.4, -0.2) is 44.9 Å². The molecule has 0 unspecified atom stereocenters. The van der Waals surface area contributed by atoms with E-state index in [1.54, 1.807) is 54.6 Å². The first-order chi connectivity index (χ1) is 22.9. The Morgan fingerprint density at radius 1 is 0.458 bits per heavy atom. The summed E-state index contributed by atoms with van der Waals surface area (Å²) in [6, 6.07) is 30.4. The van der Waals surface area contributed by atoms with E-state index in [0.29, 0.717) is 22.3 Å². The van der Waals surface area contributed by atoms with Crippen LogP contribution in [0.15, 0.2) is 109 Å². The number of fused-ring (bicyclic) bond motifs is 1. The van der Waals surface area contributed by atoms with Crippen molar-refractivity contribution >= 4 is 45.5 Å². The fraction of sp³-hybridized carbons (Fsp3) is 0.150. The summed E-state index contributed by atoms with van der Waals surface area (Å²) < 4.78 is 0. The molecule has 0 fully saturated rings. The summed E-state index contributed by atoms with van der Waals surface area (Å²) in [5, 5.41) is 21.7. The smallest absolute Gasteiger partial charge is 0.174 e. The summed E-state index contributed by atoms with van der Waals surface area (Å²) in [6.07, 6.45) is -0.289. The molecule has 5 rings (SSSR count). The van der Waals surface area contributed by atoms with Crippen molar-refractivity contribution in [2.24, 2.45) is 0 Å². The zero-order valence-electron chi connectivity index (χ0n) is 26.6. The minimum atomic E-state index is -0.467. The predicted molar refractivity (Wildman–Crippen MR) is 182 cm³/mol. The molecular weight excluding hydrogens is 608 g/mol. The van der Waals surface area contributed by atoms with E-state index in [1.807, 2.05) is 30.3 Å². The Bertz CT molecular complexity index is 2020. The topological polar surface area (TPSA) is 143 Å². The number of Topliss-reactive ketones (excluding diaryl/α,β-unsaturated/α-hetero) is 6. The third kappa shape index (κ3) is 9.50. The highest BCUT2D eigenvalue weighted by atomic mass is 16.3. The Morgan fingerprint density at radius 3 is 1.42 bits per heavy atom. The second kappa shape index (κ2) is 16.0. The molecule has 0 aliphatic heterocycles. The SMILES string of the molecule is CC(=O)Cc1ccc(O)c(C(=O)CC(=O)c2ccc3ccccc3c2)c1.CC(=O)Cc1ccc(O)c(C(=O)CC(=O)c2ccccc2)c1. The molecule has 0 aliphatic rings. The van der Waals surface area contributed by atoms with Crippen molar-refractivity contribution in [2.75, 3.05) is 0 Å². The van der Waals surface area contributed by atoms with Crippen molar-refractivity contribution in [1.29, 1.82) is 0 Å². The fourth-order valence-corrected chi connectivity index (χ4v) is 5.08. The van der Waals surface area contributed by atoms with Crippen LogP contribution in [0.2, 0.25) is 0 Å². The monoisotopic (exact) mass is 642 g/mol.